The minimum Gasteiger partial charge on any atom is -0.497 e. The van der Waals surface area contributed by atoms with Gasteiger partial charge in [-0.25, -0.2) is 0 Å². The summed E-state index contributed by atoms with van der Waals surface area (Å²) in [6, 6.07) is 7.57. The summed E-state index contributed by atoms with van der Waals surface area (Å²) < 4.78 is 6.96. The van der Waals surface area contributed by atoms with Gasteiger partial charge in [-0.3, -0.25) is 19.2 Å². The van der Waals surface area contributed by atoms with Crippen molar-refractivity contribution in [3.05, 3.63) is 41.2 Å². The van der Waals surface area contributed by atoms with Gasteiger partial charge < -0.3 is 15.0 Å². The Hall–Kier alpha value is -2.87. The summed E-state index contributed by atoms with van der Waals surface area (Å²) in [6.07, 6.45) is 2.06. The van der Waals surface area contributed by atoms with E-state index in [9.17, 15) is 9.59 Å². The number of benzene rings is 1. The number of anilines is 1. The van der Waals surface area contributed by atoms with Crippen molar-refractivity contribution in [2.24, 2.45) is 7.05 Å². The molecular weight excluding hydrogens is 406 g/mol. The number of nitrogens with one attached hydrogen (secondary N) is 1. The maximum absolute atomic E-state index is 12.9. The lowest BCUT2D eigenvalue weighted by molar-refractivity contribution is -0.131. The van der Waals surface area contributed by atoms with E-state index in [2.05, 4.69) is 15.3 Å². The number of methoxy groups -OCH3 is 1. The number of nitrogens with zero attached hydrogens (tertiary/aromatic N) is 4. The molecule has 1 N–H and O–H groups in total. The molecule has 0 radical (unpaired) electrons. The van der Waals surface area contributed by atoms with Gasteiger partial charge in [-0.1, -0.05) is 12.1 Å². The quantitative estimate of drug-likeness (QED) is 0.714. The molecule has 8 heteroatoms. The van der Waals surface area contributed by atoms with Crippen molar-refractivity contribution in [2.45, 2.75) is 46.1 Å². The second-order valence-corrected chi connectivity index (χ2v) is 8.45. The monoisotopic (exact) mass is 441 g/mol. The van der Waals surface area contributed by atoms with Crippen LogP contribution >= 0.6 is 0 Å². The first-order valence-electron chi connectivity index (χ1n) is 11.3. The molecule has 1 unspecified atom stereocenters. The third kappa shape index (κ3) is 5.68. The highest BCUT2D eigenvalue weighted by Gasteiger charge is 2.26. The zero-order valence-corrected chi connectivity index (χ0v) is 19.9. The molecule has 2 amide bonds. The molecular formula is C24H35N5O3. The van der Waals surface area contributed by atoms with Crippen LogP contribution in [0.15, 0.2) is 24.3 Å². The summed E-state index contributed by atoms with van der Waals surface area (Å²) in [5, 5.41) is 7.41. The number of carbonyl (C=O) groups excluding carboxylic acids is 2. The van der Waals surface area contributed by atoms with Crippen molar-refractivity contribution < 1.29 is 14.3 Å². The lowest BCUT2D eigenvalue weighted by atomic mass is 10.1. The van der Waals surface area contributed by atoms with Crippen LogP contribution in [-0.4, -0.2) is 70.7 Å². The molecule has 1 aromatic carbocycles. The molecule has 1 aromatic heterocycles. The van der Waals surface area contributed by atoms with Crippen molar-refractivity contribution in [1.29, 1.82) is 0 Å². The number of hydrogen-bond donors (Lipinski definition) is 1. The molecule has 3 rings (SSSR count). The molecule has 1 atom stereocenters. The molecule has 1 aliphatic heterocycles. The van der Waals surface area contributed by atoms with E-state index in [1.807, 2.05) is 57.0 Å². The van der Waals surface area contributed by atoms with Gasteiger partial charge >= 0.3 is 0 Å². The van der Waals surface area contributed by atoms with Gasteiger partial charge in [0, 0.05) is 39.6 Å². The largest absolute Gasteiger partial charge is 0.497 e. The number of carbonyl (C=O) groups is 2. The predicted octanol–water partition coefficient (Wildman–Crippen LogP) is 2.54. The Morgan fingerprint density at radius 2 is 1.84 bits per heavy atom. The lowest BCUT2D eigenvalue weighted by Crippen LogP contribution is -2.44. The average Bonchev–Trinajstić information content (AvgIpc) is 2.97. The molecule has 0 spiro atoms. The highest BCUT2D eigenvalue weighted by Crippen LogP contribution is 2.20. The summed E-state index contributed by atoms with van der Waals surface area (Å²) in [7, 11) is 3.52. The van der Waals surface area contributed by atoms with Crippen LogP contribution in [0.4, 0.5) is 5.69 Å². The van der Waals surface area contributed by atoms with Gasteiger partial charge in [0.25, 0.3) is 0 Å². The first-order chi connectivity index (χ1) is 15.3. The van der Waals surface area contributed by atoms with E-state index in [0.29, 0.717) is 25.9 Å². The predicted molar refractivity (Wildman–Crippen MR) is 125 cm³/mol. The van der Waals surface area contributed by atoms with E-state index in [0.717, 1.165) is 47.9 Å². The molecule has 2 heterocycles. The van der Waals surface area contributed by atoms with E-state index in [1.54, 1.807) is 11.8 Å². The average molecular weight is 442 g/mol. The minimum absolute atomic E-state index is 0.0384. The molecule has 2 aromatic rings. The van der Waals surface area contributed by atoms with Crippen LogP contribution in [0, 0.1) is 13.8 Å². The smallest absolute Gasteiger partial charge is 0.241 e. The van der Waals surface area contributed by atoms with E-state index in [-0.39, 0.29) is 17.9 Å². The summed E-state index contributed by atoms with van der Waals surface area (Å²) >= 11 is 0. The van der Waals surface area contributed by atoms with Crippen LogP contribution in [-0.2, 0) is 23.1 Å². The minimum atomic E-state index is -0.275. The Bertz CT molecular complexity index is 938. The fraction of sp³-hybridized carbons (Fsp3) is 0.542. The standard InChI is InChI=1S/C24H35N5O3/c1-17-23(18(2)27(4)26-17)25-24(31)19(3)28-13-6-14-29(16-15-28)22(30)12-9-20-7-10-21(32-5)11-8-20/h7-8,10-11,19H,6,9,12-16H2,1-5H3,(H,25,31). The van der Waals surface area contributed by atoms with Crippen LogP contribution in [0.3, 0.4) is 0 Å². The normalized spacial score (nSPS) is 15.8. The number of aryl methyl sites for hydroxylation is 3. The van der Waals surface area contributed by atoms with Gasteiger partial charge in [0.15, 0.2) is 0 Å². The van der Waals surface area contributed by atoms with Crippen molar-refractivity contribution in [2.75, 3.05) is 38.6 Å². The Morgan fingerprint density at radius 1 is 1.12 bits per heavy atom. The summed E-state index contributed by atoms with van der Waals surface area (Å²) in [6.45, 7) is 8.63. The maximum Gasteiger partial charge on any atom is 0.241 e. The van der Waals surface area contributed by atoms with Crippen LogP contribution in [0.5, 0.6) is 5.75 Å². The Kier molecular flexibility index (Phi) is 7.90. The first kappa shape index (κ1) is 23.8. The van der Waals surface area contributed by atoms with Gasteiger partial charge in [0.05, 0.1) is 30.2 Å². The number of rotatable bonds is 7. The summed E-state index contributed by atoms with van der Waals surface area (Å²) in [4.78, 5) is 29.7. The molecule has 8 nitrogen and oxygen atoms in total. The molecule has 1 saturated heterocycles. The van der Waals surface area contributed by atoms with Gasteiger partial charge in [-0.2, -0.15) is 5.10 Å². The second-order valence-electron chi connectivity index (χ2n) is 8.45. The van der Waals surface area contributed by atoms with Crippen LogP contribution < -0.4 is 10.1 Å². The first-order valence-corrected chi connectivity index (χ1v) is 11.3. The molecule has 174 valence electrons. The topological polar surface area (TPSA) is 79.7 Å². The van der Waals surface area contributed by atoms with Gasteiger partial charge in [0.1, 0.15) is 5.75 Å². The van der Waals surface area contributed by atoms with Crippen LogP contribution in [0.25, 0.3) is 0 Å². The molecule has 0 saturated carbocycles. The number of aromatic nitrogens is 2. The molecule has 0 aliphatic carbocycles. The van der Waals surface area contributed by atoms with Crippen molar-refractivity contribution in [3.8, 4) is 5.75 Å². The number of amides is 2. The van der Waals surface area contributed by atoms with E-state index in [1.165, 1.54) is 0 Å². The third-order valence-electron chi connectivity index (χ3n) is 6.35. The maximum atomic E-state index is 12.9. The Balaban J connectivity index is 1.50. The van der Waals surface area contributed by atoms with Gasteiger partial charge in [0.2, 0.25) is 11.8 Å². The molecule has 1 fully saturated rings. The van der Waals surface area contributed by atoms with Gasteiger partial charge in [-0.05, 0) is 51.3 Å². The van der Waals surface area contributed by atoms with Crippen molar-refractivity contribution in [1.82, 2.24) is 19.6 Å². The Labute approximate surface area is 190 Å². The zero-order chi connectivity index (χ0) is 23.3. The fourth-order valence-corrected chi connectivity index (χ4v) is 4.12. The number of ether oxygens (including phenoxy) is 1. The molecule has 1 aliphatic rings. The van der Waals surface area contributed by atoms with Gasteiger partial charge in [-0.15, -0.1) is 0 Å². The summed E-state index contributed by atoms with van der Waals surface area (Å²) in [5.41, 5.74) is 3.67. The molecule has 0 bridgehead atoms. The van der Waals surface area contributed by atoms with Crippen molar-refractivity contribution in [3.63, 3.8) is 0 Å². The van der Waals surface area contributed by atoms with Crippen LogP contribution in [0.2, 0.25) is 0 Å². The molecule has 32 heavy (non-hydrogen) atoms. The van der Waals surface area contributed by atoms with Crippen LogP contribution in [0.1, 0.15) is 36.7 Å². The summed E-state index contributed by atoms with van der Waals surface area (Å²) in [5.74, 6) is 0.949. The highest BCUT2D eigenvalue weighted by molar-refractivity contribution is 5.95. The highest BCUT2D eigenvalue weighted by atomic mass is 16.5. The third-order valence-corrected chi connectivity index (χ3v) is 6.35. The second kappa shape index (κ2) is 10.6. The van der Waals surface area contributed by atoms with E-state index < -0.39 is 0 Å². The van der Waals surface area contributed by atoms with E-state index in [4.69, 9.17) is 4.74 Å². The zero-order valence-electron chi connectivity index (χ0n) is 19.9. The van der Waals surface area contributed by atoms with Crippen molar-refractivity contribution >= 4 is 17.5 Å². The Morgan fingerprint density at radius 3 is 2.47 bits per heavy atom. The SMILES string of the molecule is COc1ccc(CCC(=O)N2CCCN(C(C)C(=O)Nc3c(C)nn(C)c3C)CC2)cc1. The fourth-order valence-electron chi connectivity index (χ4n) is 4.12. The lowest BCUT2D eigenvalue weighted by Gasteiger charge is -2.27. The number of hydrogen-bond acceptors (Lipinski definition) is 5. The van der Waals surface area contributed by atoms with E-state index >= 15 is 0 Å².